The number of nitrogens with one attached hydrogen (secondary N) is 1. The summed E-state index contributed by atoms with van der Waals surface area (Å²) in [5.74, 6) is -0.271. The number of amides is 1. The molecule has 5 heteroatoms. The van der Waals surface area contributed by atoms with Crippen LogP contribution >= 0.6 is 11.3 Å². The lowest BCUT2D eigenvalue weighted by Crippen LogP contribution is -2.15. The number of anilines is 1. The number of rotatable bonds is 13. The third-order valence-electron chi connectivity index (χ3n) is 5.41. The average molecular weight is 408 g/mol. The minimum atomic E-state index is -0.291. The van der Waals surface area contributed by atoms with E-state index in [1.807, 2.05) is 6.92 Å². The van der Waals surface area contributed by atoms with Crippen molar-refractivity contribution in [3.8, 4) is 0 Å². The predicted molar refractivity (Wildman–Crippen MR) is 117 cm³/mol. The van der Waals surface area contributed by atoms with Gasteiger partial charge in [0.15, 0.2) is 0 Å². The minimum Gasteiger partial charge on any atom is -0.462 e. The number of esters is 1. The molecule has 0 saturated carbocycles. The van der Waals surface area contributed by atoms with Gasteiger partial charge in [0.25, 0.3) is 0 Å². The van der Waals surface area contributed by atoms with E-state index in [2.05, 4.69) is 12.2 Å². The third kappa shape index (κ3) is 7.23. The highest BCUT2D eigenvalue weighted by molar-refractivity contribution is 7.17. The van der Waals surface area contributed by atoms with Crippen molar-refractivity contribution in [2.24, 2.45) is 0 Å². The molecule has 28 heavy (non-hydrogen) atoms. The van der Waals surface area contributed by atoms with Crippen molar-refractivity contribution in [3.63, 3.8) is 0 Å². The van der Waals surface area contributed by atoms with Crippen molar-refractivity contribution in [2.45, 2.75) is 104 Å². The van der Waals surface area contributed by atoms with E-state index in [1.54, 1.807) is 11.3 Å². The van der Waals surface area contributed by atoms with Crippen LogP contribution in [-0.4, -0.2) is 18.5 Å². The number of aryl methyl sites for hydroxylation is 1. The molecular weight excluding hydrogens is 370 g/mol. The topological polar surface area (TPSA) is 55.4 Å². The molecule has 2 rings (SSSR count). The van der Waals surface area contributed by atoms with Gasteiger partial charge < -0.3 is 10.1 Å². The molecule has 1 aromatic rings. The predicted octanol–water partition coefficient (Wildman–Crippen LogP) is 6.66. The maximum Gasteiger partial charge on any atom is 0.341 e. The first-order valence-electron chi connectivity index (χ1n) is 11.3. The van der Waals surface area contributed by atoms with Gasteiger partial charge in [-0.2, -0.15) is 0 Å². The summed E-state index contributed by atoms with van der Waals surface area (Å²) >= 11 is 1.57. The quantitative estimate of drug-likeness (QED) is 0.294. The smallest absolute Gasteiger partial charge is 0.341 e. The summed E-state index contributed by atoms with van der Waals surface area (Å²) in [7, 11) is 0. The first kappa shape index (κ1) is 22.9. The lowest BCUT2D eigenvalue weighted by atomic mass is 9.95. The van der Waals surface area contributed by atoms with Gasteiger partial charge in [-0.15, -0.1) is 11.3 Å². The Labute approximate surface area is 174 Å². The van der Waals surface area contributed by atoms with Crippen LogP contribution in [0.2, 0.25) is 0 Å². The lowest BCUT2D eigenvalue weighted by molar-refractivity contribution is -0.116. The zero-order valence-corrected chi connectivity index (χ0v) is 18.6. The summed E-state index contributed by atoms with van der Waals surface area (Å²) in [4.78, 5) is 26.1. The first-order chi connectivity index (χ1) is 13.7. The Morgan fingerprint density at radius 2 is 1.57 bits per heavy atom. The monoisotopic (exact) mass is 407 g/mol. The molecular formula is C23H37NO3S. The maximum absolute atomic E-state index is 12.4. The molecule has 0 spiro atoms. The molecule has 0 unspecified atom stereocenters. The molecule has 0 atom stereocenters. The summed E-state index contributed by atoms with van der Waals surface area (Å²) < 4.78 is 5.25. The molecule has 0 radical (unpaired) electrons. The highest BCUT2D eigenvalue weighted by atomic mass is 32.1. The maximum atomic E-state index is 12.4. The molecule has 1 amide bonds. The second-order valence-electron chi connectivity index (χ2n) is 7.76. The van der Waals surface area contributed by atoms with Crippen molar-refractivity contribution in [2.75, 3.05) is 11.9 Å². The number of fused-ring (bicyclic) bond motifs is 1. The highest BCUT2D eigenvalue weighted by Crippen LogP contribution is 2.38. The zero-order chi connectivity index (χ0) is 20.2. The van der Waals surface area contributed by atoms with Gasteiger partial charge in [0.2, 0.25) is 5.91 Å². The Balaban J connectivity index is 1.77. The average Bonchev–Trinajstić information content (AvgIpc) is 3.04. The molecule has 158 valence electrons. The minimum absolute atomic E-state index is 0.0205. The number of ether oxygens (including phenoxy) is 1. The molecule has 0 aliphatic heterocycles. The summed E-state index contributed by atoms with van der Waals surface area (Å²) in [5, 5.41) is 3.71. The van der Waals surface area contributed by atoms with E-state index in [0.717, 1.165) is 44.1 Å². The van der Waals surface area contributed by atoms with Gasteiger partial charge in [0.1, 0.15) is 5.00 Å². The molecule has 1 aromatic heterocycles. The molecule has 0 saturated heterocycles. The molecule has 1 aliphatic carbocycles. The van der Waals surface area contributed by atoms with Crippen LogP contribution in [0, 0.1) is 0 Å². The molecule has 0 bridgehead atoms. The van der Waals surface area contributed by atoms with E-state index in [1.165, 1.54) is 49.8 Å². The standard InChI is InChI=1S/C23H37NO3S/c1-3-5-6-7-8-9-10-11-12-17-20(25)24-22-21(23(26)27-4-2)18-15-13-14-16-19(18)28-22/h3-17H2,1-2H3,(H,24,25). The van der Waals surface area contributed by atoms with Crippen LogP contribution in [0.4, 0.5) is 5.00 Å². The first-order valence-corrected chi connectivity index (χ1v) is 12.1. The van der Waals surface area contributed by atoms with Gasteiger partial charge in [0, 0.05) is 11.3 Å². The zero-order valence-electron chi connectivity index (χ0n) is 17.7. The van der Waals surface area contributed by atoms with Crippen LogP contribution in [0.15, 0.2) is 0 Å². The summed E-state index contributed by atoms with van der Waals surface area (Å²) in [6.45, 7) is 4.42. The SMILES string of the molecule is CCCCCCCCCCCC(=O)Nc1sc2c(c1C(=O)OCC)CCCC2. The summed E-state index contributed by atoms with van der Waals surface area (Å²) in [6.07, 6.45) is 15.8. The Kier molecular flexibility index (Phi) is 10.6. The fourth-order valence-corrected chi connectivity index (χ4v) is 5.15. The van der Waals surface area contributed by atoms with Gasteiger partial charge in [-0.25, -0.2) is 4.79 Å². The molecule has 0 aromatic carbocycles. The third-order valence-corrected chi connectivity index (χ3v) is 6.62. The second kappa shape index (κ2) is 13.0. The van der Waals surface area contributed by atoms with Crippen molar-refractivity contribution >= 4 is 28.2 Å². The van der Waals surface area contributed by atoms with Crippen LogP contribution in [-0.2, 0) is 22.4 Å². The Bertz CT molecular complexity index is 624. The van der Waals surface area contributed by atoms with Gasteiger partial charge >= 0.3 is 5.97 Å². The van der Waals surface area contributed by atoms with Crippen LogP contribution in [0.5, 0.6) is 0 Å². The Morgan fingerprint density at radius 1 is 0.929 bits per heavy atom. The van der Waals surface area contributed by atoms with Crippen molar-refractivity contribution in [3.05, 3.63) is 16.0 Å². The van der Waals surface area contributed by atoms with Crippen molar-refractivity contribution in [1.82, 2.24) is 0 Å². The lowest BCUT2D eigenvalue weighted by Gasteiger charge is -2.12. The van der Waals surface area contributed by atoms with E-state index in [9.17, 15) is 9.59 Å². The van der Waals surface area contributed by atoms with Crippen LogP contribution in [0.25, 0.3) is 0 Å². The highest BCUT2D eigenvalue weighted by Gasteiger charge is 2.27. The second-order valence-corrected chi connectivity index (χ2v) is 8.87. The van der Waals surface area contributed by atoms with E-state index in [4.69, 9.17) is 4.74 Å². The molecule has 1 heterocycles. The van der Waals surface area contributed by atoms with Gasteiger partial charge in [0.05, 0.1) is 12.2 Å². The van der Waals surface area contributed by atoms with Crippen molar-refractivity contribution in [1.29, 1.82) is 0 Å². The fraction of sp³-hybridized carbons (Fsp3) is 0.739. The van der Waals surface area contributed by atoms with Crippen LogP contribution in [0.3, 0.4) is 0 Å². The van der Waals surface area contributed by atoms with Crippen LogP contribution in [0.1, 0.15) is 112 Å². The number of hydrogen-bond donors (Lipinski definition) is 1. The molecule has 4 nitrogen and oxygen atoms in total. The van der Waals surface area contributed by atoms with E-state index in [0.29, 0.717) is 23.6 Å². The Hall–Kier alpha value is -1.36. The van der Waals surface area contributed by atoms with Gasteiger partial charge in [-0.1, -0.05) is 58.3 Å². The van der Waals surface area contributed by atoms with Gasteiger partial charge in [-0.05, 0) is 44.6 Å². The molecule has 1 N–H and O–H groups in total. The molecule has 1 aliphatic rings. The largest absolute Gasteiger partial charge is 0.462 e. The normalized spacial score (nSPS) is 13.2. The summed E-state index contributed by atoms with van der Waals surface area (Å²) in [5.41, 5.74) is 1.72. The van der Waals surface area contributed by atoms with E-state index >= 15 is 0 Å². The van der Waals surface area contributed by atoms with Crippen molar-refractivity contribution < 1.29 is 14.3 Å². The van der Waals surface area contributed by atoms with Crippen LogP contribution < -0.4 is 5.32 Å². The Morgan fingerprint density at radius 3 is 2.25 bits per heavy atom. The molecule has 0 fully saturated rings. The number of unbranched alkanes of at least 4 members (excludes halogenated alkanes) is 8. The van der Waals surface area contributed by atoms with Gasteiger partial charge in [-0.3, -0.25) is 4.79 Å². The van der Waals surface area contributed by atoms with E-state index < -0.39 is 0 Å². The number of thiophene rings is 1. The number of carbonyl (C=O) groups is 2. The summed E-state index contributed by atoms with van der Waals surface area (Å²) in [6, 6.07) is 0. The fourth-order valence-electron chi connectivity index (χ4n) is 3.86. The van der Waals surface area contributed by atoms with E-state index in [-0.39, 0.29) is 11.9 Å². The number of carbonyl (C=O) groups excluding carboxylic acids is 2. The number of hydrogen-bond acceptors (Lipinski definition) is 4.